The molecule has 1 amide bonds. The second-order valence-electron chi connectivity index (χ2n) is 5.34. The quantitative estimate of drug-likeness (QED) is 0.664. The van der Waals surface area contributed by atoms with Gasteiger partial charge < -0.3 is 10.6 Å². The summed E-state index contributed by atoms with van der Waals surface area (Å²) < 4.78 is 0. The van der Waals surface area contributed by atoms with Crippen molar-refractivity contribution in [2.45, 2.75) is 13.8 Å². The Balaban J connectivity index is 2.11. The van der Waals surface area contributed by atoms with Gasteiger partial charge in [-0.25, -0.2) is 10.4 Å². The van der Waals surface area contributed by atoms with Crippen molar-refractivity contribution in [3.05, 3.63) is 34.3 Å². The van der Waals surface area contributed by atoms with Gasteiger partial charge in [0.15, 0.2) is 0 Å². The van der Waals surface area contributed by atoms with E-state index in [1.54, 1.807) is 0 Å². The molecule has 0 fully saturated rings. The molecule has 0 saturated heterocycles. The molecular weight excluding hydrogens is 254 g/mol. The first-order valence-corrected chi connectivity index (χ1v) is 6.76. The minimum absolute atomic E-state index is 0.0678. The zero-order valence-corrected chi connectivity index (χ0v) is 11.6. The molecule has 6 heteroatoms. The van der Waals surface area contributed by atoms with Crippen molar-refractivity contribution in [3.8, 4) is 6.07 Å². The van der Waals surface area contributed by atoms with Gasteiger partial charge in [0.25, 0.3) is 5.91 Å². The van der Waals surface area contributed by atoms with Crippen LogP contribution in [0.15, 0.2) is 34.3 Å². The van der Waals surface area contributed by atoms with E-state index in [1.165, 1.54) is 5.01 Å². The molecule has 104 valence electrons. The van der Waals surface area contributed by atoms with E-state index in [2.05, 4.69) is 28.2 Å². The largest absolute Gasteiger partial charge is 0.339 e. The lowest BCUT2D eigenvalue weighted by molar-refractivity contribution is -0.128. The van der Waals surface area contributed by atoms with Crippen molar-refractivity contribution in [1.29, 1.82) is 5.26 Å². The van der Waals surface area contributed by atoms with E-state index in [1.807, 2.05) is 13.8 Å². The Morgan fingerprint density at radius 2 is 2.20 bits per heavy atom. The number of hydrogen-bond donors (Lipinski definition) is 3. The number of fused-ring (bicyclic) bond motifs is 1. The van der Waals surface area contributed by atoms with Crippen LogP contribution in [0, 0.1) is 17.2 Å². The highest BCUT2D eigenvalue weighted by atomic mass is 16.2. The summed E-state index contributed by atoms with van der Waals surface area (Å²) in [6, 6.07) is 2.14. The van der Waals surface area contributed by atoms with Crippen LogP contribution in [0.1, 0.15) is 13.8 Å². The molecule has 3 heterocycles. The summed E-state index contributed by atoms with van der Waals surface area (Å²) in [6.07, 6.45) is 2.09. The molecular formula is C14H17N5O. The van der Waals surface area contributed by atoms with Crippen LogP contribution in [0.5, 0.6) is 0 Å². The van der Waals surface area contributed by atoms with Crippen LogP contribution in [0.4, 0.5) is 0 Å². The van der Waals surface area contributed by atoms with Crippen molar-refractivity contribution < 1.29 is 4.79 Å². The Kier molecular flexibility index (Phi) is 3.08. The van der Waals surface area contributed by atoms with Crippen molar-refractivity contribution >= 4 is 5.91 Å². The Bertz CT molecular complexity index is 606. The average Bonchev–Trinajstić information content (AvgIpc) is 3.07. The standard InChI is InChI=1S/C14H17N5O/c1-8(2)11-12(9-3-4-16-6-9)18-13-10(5-15)7-17-19(13)14(11)20/h3,8,16-18H,4,6-7H2,1-2H3. The summed E-state index contributed by atoms with van der Waals surface area (Å²) >= 11 is 0. The van der Waals surface area contributed by atoms with E-state index in [9.17, 15) is 4.79 Å². The molecule has 3 N–H and O–H groups in total. The van der Waals surface area contributed by atoms with E-state index in [4.69, 9.17) is 5.26 Å². The second-order valence-corrected chi connectivity index (χ2v) is 5.34. The topological polar surface area (TPSA) is 80.2 Å². The smallest absolute Gasteiger partial charge is 0.272 e. The fraction of sp³-hybridized carbons (Fsp3) is 0.429. The summed E-state index contributed by atoms with van der Waals surface area (Å²) in [5.41, 5.74) is 6.24. The molecule has 0 radical (unpaired) electrons. The summed E-state index contributed by atoms with van der Waals surface area (Å²) in [5.74, 6) is 0.618. The average molecular weight is 271 g/mol. The highest BCUT2D eigenvalue weighted by Gasteiger charge is 2.38. The third-order valence-corrected chi connectivity index (χ3v) is 3.71. The molecule has 0 aromatic heterocycles. The number of hydrogen-bond acceptors (Lipinski definition) is 5. The molecule has 0 unspecified atom stereocenters. The van der Waals surface area contributed by atoms with Crippen LogP contribution in [0.2, 0.25) is 0 Å². The normalized spacial score (nSPS) is 22.2. The van der Waals surface area contributed by atoms with Gasteiger partial charge in [-0.1, -0.05) is 19.9 Å². The molecule has 3 aliphatic rings. The third kappa shape index (κ3) is 1.83. The summed E-state index contributed by atoms with van der Waals surface area (Å²) in [7, 11) is 0. The van der Waals surface area contributed by atoms with Gasteiger partial charge in [0, 0.05) is 18.7 Å². The van der Waals surface area contributed by atoms with Gasteiger partial charge in [0.1, 0.15) is 5.82 Å². The van der Waals surface area contributed by atoms with E-state index in [-0.39, 0.29) is 11.8 Å². The number of carbonyl (C=O) groups is 1. The SMILES string of the molecule is CC(C)C1=C(C2=CCNC2)NC2=C(C#N)CNN2C1=O. The number of nitriles is 1. The number of hydrazine groups is 1. The van der Waals surface area contributed by atoms with Gasteiger partial charge in [0.05, 0.1) is 23.9 Å². The molecule has 0 saturated carbocycles. The van der Waals surface area contributed by atoms with Crippen molar-refractivity contribution in [1.82, 2.24) is 21.1 Å². The monoisotopic (exact) mass is 271 g/mol. The highest BCUT2D eigenvalue weighted by molar-refractivity contribution is 5.98. The number of nitrogens with zero attached hydrogens (tertiary/aromatic N) is 2. The number of nitrogens with one attached hydrogen (secondary N) is 3. The first-order chi connectivity index (χ1) is 9.63. The molecule has 0 aromatic carbocycles. The molecule has 0 atom stereocenters. The van der Waals surface area contributed by atoms with E-state index >= 15 is 0 Å². The maximum atomic E-state index is 12.7. The molecule has 6 nitrogen and oxygen atoms in total. The Hall–Kier alpha value is -2.10. The highest BCUT2D eigenvalue weighted by Crippen LogP contribution is 2.30. The maximum Gasteiger partial charge on any atom is 0.272 e. The fourth-order valence-corrected chi connectivity index (χ4v) is 2.72. The third-order valence-electron chi connectivity index (χ3n) is 3.71. The van der Waals surface area contributed by atoms with Crippen LogP contribution in [-0.2, 0) is 4.79 Å². The zero-order valence-electron chi connectivity index (χ0n) is 11.6. The van der Waals surface area contributed by atoms with Gasteiger partial charge >= 0.3 is 0 Å². The van der Waals surface area contributed by atoms with Gasteiger partial charge in [-0.3, -0.25) is 4.79 Å². The molecule has 0 bridgehead atoms. The summed E-state index contributed by atoms with van der Waals surface area (Å²) in [4.78, 5) is 12.7. The van der Waals surface area contributed by atoms with Crippen LogP contribution >= 0.6 is 0 Å². The van der Waals surface area contributed by atoms with Crippen LogP contribution in [0.25, 0.3) is 0 Å². The lowest BCUT2D eigenvalue weighted by atomic mass is 9.94. The van der Waals surface area contributed by atoms with E-state index in [0.29, 0.717) is 17.9 Å². The molecule has 0 aliphatic carbocycles. The van der Waals surface area contributed by atoms with E-state index in [0.717, 1.165) is 29.9 Å². The lowest BCUT2D eigenvalue weighted by Gasteiger charge is -2.32. The Labute approximate surface area is 117 Å². The zero-order chi connectivity index (χ0) is 14.3. The Morgan fingerprint density at radius 3 is 2.80 bits per heavy atom. The Morgan fingerprint density at radius 1 is 1.40 bits per heavy atom. The summed E-state index contributed by atoms with van der Waals surface area (Å²) in [5, 5.41) is 17.1. The van der Waals surface area contributed by atoms with Crippen molar-refractivity contribution in [2.75, 3.05) is 19.6 Å². The van der Waals surface area contributed by atoms with E-state index < -0.39 is 0 Å². The predicted octanol–water partition coefficient (Wildman–Crippen LogP) is 0.111. The minimum atomic E-state index is -0.0678. The number of carbonyl (C=O) groups excluding carboxylic acids is 1. The van der Waals surface area contributed by atoms with Gasteiger partial charge in [-0.15, -0.1) is 0 Å². The molecule has 20 heavy (non-hydrogen) atoms. The molecule has 3 aliphatic heterocycles. The minimum Gasteiger partial charge on any atom is -0.339 e. The van der Waals surface area contributed by atoms with Crippen LogP contribution in [-0.4, -0.2) is 30.6 Å². The summed E-state index contributed by atoms with van der Waals surface area (Å²) in [6.45, 7) is 5.96. The fourth-order valence-electron chi connectivity index (χ4n) is 2.72. The number of rotatable bonds is 2. The van der Waals surface area contributed by atoms with Crippen LogP contribution < -0.4 is 16.1 Å². The van der Waals surface area contributed by atoms with Crippen LogP contribution in [0.3, 0.4) is 0 Å². The predicted molar refractivity (Wildman–Crippen MR) is 73.4 cm³/mol. The molecule has 0 spiro atoms. The second kappa shape index (κ2) is 4.78. The first-order valence-electron chi connectivity index (χ1n) is 6.76. The van der Waals surface area contributed by atoms with Gasteiger partial charge in [-0.2, -0.15) is 5.26 Å². The first kappa shape index (κ1) is 12.9. The van der Waals surface area contributed by atoms with Crippen molar-refractivity contribution in [3.63, 3.8) is 0 Å². The van der Waals surface area contributed by atoms with Gasteiger partial charge in [-0.05, 0) is 11.5 Å². The molecule has 0 aromatic rings. The molecule has 3 rings (SSSR count). The lowest BCUT2D eigenvalue weighted by Crippen LogP contribution is -2.48. The van der Waals surface area contributed by atoms with Gasteiger partial charge in [0.2, 0.25) is 0 Å². The van der Waals surface area contributed by atoms with Crippen molar-refractivity contribution in [2.24, 2.45) is 5.92 Å². The maximum absolute atomic E-state index is 12.7. The number of amides is 1.